The second-order valence-corrected chi connectivity index (χ2v) is 6.00. The van der Waals surface area contributed by atoms with Crippen molar-refractivity contribution in [2.24, 2.45) is 0 Å². The summed E-state index contributed by atoms with van der Waals surface area (Å²) in [6, 6.07) is 10.1. The summed E-state index contributed by atoms with van der Waals surface area (Å²) in [5.41, 5.74) is 0.143. The summed E-state index contributed by atoms with van der Waals surface area (Å²) in [5.74, 6) is -0.131. The summed E-state index contributed by atoms with van der Waals surface area (Å²) in [4.78, 5) is 22.5. The summed E-state index contributed by atoms with van der Waals surface area (Å²) < 4.78 is 5.56. The predicted molar refractivity (Wildman–Crippen MR) is 105 cm³/mol. The van der Waals surface area contributed by atoms with Gasteiger partial charge in [-0.1, -0.05) is 19.4 Å². The van der Waals surface area contributed by atoms with E-state index in [1.165, 1.54) is 6.07 Å². The van der Waals surface area contributed by atoms with E-state index < -0.39 is 10.8 Å². The predicted octanol–water partition coefficient (Wildman–Crippen LogP) is 3.61. The quantitative estimate of drug-likeness (QED) is 0.218. The molecule has 0 aliphatic carbocycles. The average Bonchev–Trinajstić information content (AvgIpc) is 2.63. The summed E-state index contributed by atoms with van der Waals surface area (Å²) in [6.07, 6.45) is 1.92. The molecule has 2 rings (SSSR count). The molecule has 27 heavy (non-hydrogen) atoms. The summed E-state index contributed by atoms with van der Waals surface area (Å²) in [6.45, 7) is 2.62. The third-order valence-electron chi connectivity index (χ3n) is 3.53. The molecule has 0 radical (unpaired) electrons. The Hall–Kier alpha value is -3.20. The van der Waals surface area contributed by atoms with Gasteiger partial charge in [0.05, 0.1) is 17.2 Å². The minimum atomic E-state index is -0.601. The highest BCUT2D eigenvalue weighted by molar-refractivity contribution is 7.80. The molecule has 0 heterocycles. The number of anilines is 1. The number of carbonyl (C=O) groups is 1. The highest BCUT2D eigenvalue weighted by atomic mass is 32.1. The van der Waals surface area contributed by atoms with Gasteiger partial charge in [-0.05, 0) is 42.9 Å². The summed E-state index contributed by atoms with van der Waals surface area (Å²) >= 11 is 5.04. The number of unbranched alkanes of at least 4 members (excludes halogenated alkanes) is 1. The molecule has 1 amide bonds. The topological polar surface area (TPSA) is 114 Å². The van der Waals surface area contributed by atoms with Gasteiger partial charge in [-0.2, -0.15) is 0 Å². The number of nitro benzene ring substituents is 1. The number of ether oxygens (including phenoxy) is 1. The van der Waals surface area contributed by atoms with Gasteiger partial charge in [0.15, 0.2) is 5.11 Å². The van der Waals surface area contributed by atoms with Crippen molar-refractivity contribution in [2.75, 3.05) is 11.9 Å². The van der Waals surface area contributed by atoms with Crippen LogP contribution in [0, 0.1) is 10.1 Å². The SMILES string of the molecule is CCCCOc1cccc(C(=O)NC(=S)Nc2cc([N+](=O)[O-])ccc2O)c1. The lowest BCUT2D eigenvalue weighted by Gasteiger charge is -2.11. The molecule has 0 aliphatic heterocycles. The number of amides is 1. The molecule has 3 N–H and O–H groups in total. The van der Waals surface area contributed by atoms with Crippen LogP contribution in [0.15, 0.2) is 42.5 Å². The molecule has 0 atom stereocenters. The van der Waals surface area contributed by atoms with E-state index >= 15 is 0 Å². The van der Waals surface area contributed by atoms with E-state index in [0.717, 1.165) is 25.0 Å². The van der Waals surface area contributed by atoms with Crippen LogP contribution in [0.1, 0.15) is 30.1 Å². The van der Waals surface area contributed by atoms with Crippen LogP contribution in [-0.2, 0) is 0 Å². The smallest absolute Gasteiger partial charge is 0.271 e. The molecule has 142 valence electrons. The Morgan fingerprint density at radius 3 is 2.78 bits per heavy atom. The Morgan fingerprint density at radius 1 is 1.30 bits per heavy atom. The van der Waals surface area contributed by atoms with Crippen molar-refractivity contribution in [3.8, 4) is 11.5 Å². The van der Waals surface area contributed by atoms with E-state index in [0.29, 0.717) is 17.9 Å². The number of benzene rings is 2. The zero-order chi connectivity index (χ0) is 19.8. The number of hydrogen-bond acceptors (Lipinski definition) is 6. The van der Waals surface area contributed by atoms with E-state index in [9.17, 15) is 20.0 Å². The standard InChI is InChI=1S/C18H19N3O5S/c1-2-3-9-26-14-6-4-5-12(10-14)17(23)20-18(27)19-15-11-13(21(24)25)7-8-16(15)22/h4-8,10-11,22H,2-3,9H2,1H3,(H2,19,20,23,27). The lowest BCUT2D eigenvalue weighted by molar-refractivity contribution is -0.384. The third kappa shape index (κ3) is 5.93. The first-order valence-corrected chi connectivity index (χ1v) is 8.64. The maximum atomic E-state index is 12.3. The molecular weight excluding hydrogens is 370 g/mol. The molecule has 9 heteroatoms. The van der Waals surface area contributed by atoms with Crippen LogP contribution in [0.2, 0.25) is 0 Å². The van der Waals surface area contributed by atoms with Crippen LogP contribution in [0.3, 0.4) is 0 Å². The first kappa shape index (κ1) is 20.1. The second kappa shape index (κ2) is 9.48. The number of aromatic hydroxyl groups is 1. The van der Waals surface area contributed by atoms with Gasteiger partial charge in [0, 0.05) is 17.7 Å². The van der Waals surface area contributed by atoms with E-state index in [-0.39, 0.29) is 22.2 Å². The number of non-ortho nitro benzene ring substituents is 1. The highest BCUT2D eigenvalue weighted by Gasteiger charge is 2.13. The van der Waals surface area contributed by atoms with Crippen LogP contribution in [0.5, 0.6) is 11.5 Å². The fourth-order valence-electron chi connectivity index (χ4n) is 2.13. The summed E-state index contributed by atoms with van der Waals surface area (Å²) in [5, 5.41) is 25.5. The number of hydrogen-bond donors (Lipinski definition) is 3. The molecule has 0 aliphatic rings. The van der Waals surface area contributed by atoms with Gasteiger partial charge in [0.25, 0.3) is 11.6 Å². The number of phenols is 1. The second-order valence-electron chi connectivity index (χ2n) is 5.60. The van der Waals surface area contributed by atoms with Crippen molar-refractivity contribution in [3.05, 3.63) is 58.1 Å². The van der Waals surface area contributed by atoms with Gasteiger partial charge in [0.2, 0.25) is 0 Å². The lowest BCUT2D eigenvalue weighted by Crippen LogP contribution is -2.34. The van der Waals surface area contributed by atoms with Crippen LogP contribution < -0.4 is 15.4 Å². The zero-order valence-corrected chi connectivity index (χ0v) is 15.4. The number of nitrogens with one attached hydrogen (secondary N) is 2. The largest absolute Gasteiger partial charge is 0.506 e. The maximum Gasteiger partial charge on any atom is 0.271 e. The molecule has 0 fully saturated rings. The van der Waals surface area contributed by atoms with Crippen molar-refractivity contribution < 1.29 is 19.6 Å². The van der Waals surface area contributed by atoms with E-state index in [1.54, 1.807) is 24.3 Å². The van der Waals surface area contributed by atoms with Crippen molar-refractivity contribution in [2.45, 2.75) is 19.8 Å². The first-order valence-electron chi connectivity index (χ1n) is 8.23. The molecule has 0 bridgehead atoms. The summed E-state index contributed by atoms with van der Waals surface area (Å²) in [7, 11) is 0. The fourth-order valence-corrected chi connectivity index (χ4v) is 2.33. The van der Waals surface area contributed by atoms with Crippen LogP contribution in [0.25, 0.3) is 0 Å². The molecule has 0 aromatic heterocycles. The molecule has 8 nitrogen and oxygen atoms in total. The number of carbonyl (C=O) groups excluding carboxylic acids is 1. The fraction of sp³-hybridized carbons (Fsp3) is 0.222. The highest BCUT2D eigenvalue weighted by Crippen LogP contribution is 2.27. The van der Waals surface area contributed by atoms with Gasteiger partial charge in [-0.25, -0.2) is 0 Å². The normalized spacial score (nSPS) is 10.1. The Bertz CT molecular complexity index is 857. The Morgan fingerprint density at radius 2 is 2.07 bits per heavy atom. The lowest BCUT2D eigenvalue weighted by atomic mass is 10.2. The van der Waals surface area contributed by atoms with Crippen molar-refractivity contribution in [1.29, 1.82) is 0 Å². The number of phenolic OH excluding ortho intramolecular Hbond substituents is 1. The van der Waals surface area contributed by atoms with Gasteiger partial charge < -0.3 is 15.2 Å². The van der Waals surface area contributed by atoms with Gasteiger partial charge in [-0.3, -0.25) is 20.2 Å². The van der Waals surface area contributed by atoms with Crippen LogP contribution >= 0.6 is 12.2 Å². The molecule has 0 saturated heterocycles. The Labute approximate surface area is 161 Å². The number of rotatable bonds is 7. The van der Waals surface area contributed by atoms with Gasteiger partial charge in [-0.15, -0.1) is 0 Å². The maximum absolute atomic E-state index is 12.3. The van der Waals surface area contributed by atoms with E-state index in [2.05, 4.69) is 17.6 Å². The van der Waals surface area contributed by atoms with Gasteiger partial charge in [0.1, 0.15) is 11.5 Å². The van der Waals surface area contributed by atoms with Crippen molar-refractivity contribution in [1.82, 2.24) is 5.32 Å². The minimum absolute atomic E-state index is 0.0196. The van der Waals surface area contributed by atoms with Crippen LogP contribution in [-0.4, -0.2) is 27.7 Å². The molecular formula is C18H19N3O5S. The zero-order valence-electron chi connectivity index (χ0n) is 14.6. The first-order chi connectivity index (χ1) is 12.9. The van der Waals surface area contributed by atoms with Crippen LogP contribution in [0.4, 0.5) is 11.4 Å². The number of nitro groups is 1. The molecule has 0 unspecified atom stereocenters. The number of thiocarbonyl (C=S) groups is 1. The Balaban J connectivity index is 2.02. The molecule has 0 saturated carbocycles. The monoisotopic (exact) mass is 389 g/mol. The molecule has 2 aromatic rings. The average molecular weight is 389 g/mol. The minimum Gasteiger partial charge on any atom is -0.506 e. The third-order valence-corrected chi connectivity index (χ3v) is 3.73. The van der Waals surface area contributed by atoms with Crippen molar-refractivity contribution in [3.63, 3.8) is 0 Å². The number of nitrogens with zero attached hydrogens (tertiary/aromatic N) is 1. The Kier molecular flexibility index (Phi) is 7.07. The van der Waals surface area contributed by atoms with E-state index in [1.807, 2.05) is 0 Å². The molecule has 2 aromatic carbocycles. The van der Waals surface area contributed by atoms with Crippen molar-refractivity contribution >= 4 is 34.6 Å². The van der Waals surface area contributed by atoms with Gasteiger partial charge >= 0.3 is 0 Å². The van der Waals surface area contributed by atoms with E-state index in [4.69, 9.17) is 17.0 Å². The molecule has 0 spiro atoms.